The summed E-state index contributed by atoms with van der Waals surface area (Å²) in [5.41, 5.74) is -0.116. The fourth-order valence-electron chi connectivity index (χ4n) is 3.73. The summed E-state index contributed by atoms with van der Waals surface area (Å²) in [6, 6.07) is 5.39. The van der Waals surface area contributed by atoms with Gasteiger partial charge in [-0.25, -0.2) is 0 Å². The number of piperidine rings is 1. The molecule has 1 amide bonds. The van der Waals surface area contributed by atoms with E-state index in [0.717, 1.165) is 11.3 Å². The van der Waals surface area contributed by atoms with Crippen molar-refractivity contribution in [3.05, 3.63) is 28.8 Å². The number of hydrogen-bond acceptors (Lipinski definition) is 4. The number of fused-ring (bicyclic) bond motifs is 1. The lowest BCUT2D eigenvalue weighted by Gasteiger charge is -2.41. The van der Waals surface area contributed by atoms with E-state index in [1.54, 1.807) is 11.0 Å². The number of carbonyl (C=O) groups is 2. The molecule has 1 saturated heterocycles. The fourth-order valence-corrected chi connectivity index (χ4v) is 3.92. The molecule has 2 aliphatic rings. The maximum Gasteiger partial charge on any atom is 0.313 e. The molecule has 7 heteroatoms. The van der Waals surface area contributed by atoms with Gasteiger partial charge in [-0.3, -0.25) is 9.59 Å². The summed E-state index contributed by atoms with van der Waals surface area (Å²) < 4.78 is 10.8. The molecule has 0 spiro atoms. The lowest BCUT2D eigenvalue weighted by molar-refractivity contribution is -0.160. The summed E-state index contributed by atoms with van der Waals surface area (Å²) in [6.07, 6.45) is 1.71. The number of halogens is 1. The second-order valence-corrected chi connectivity index (χ2v) is 7.28. The van der Waals surface area contributed by atoms with Crippen LogP contribution < -0.4 is 4.74 Å². The Morgan fingerprint density at radius 3 is 3.00 bits per heavy atom. The van der Waals surface area contributed by atoms with Crippen molar-refractivity contribution in [2.24, 2.45) is 11.3 Å². The first-order valence-electron chi connectivity index (χ1n) is 8.37. The molecule has 0 radical (unpaired) electrons. The predicted octanol–water partition coefficient (Wildman–Crippen LogP) is 2.23. The highest BCUT2D eigenvalue weighted by Gasteiger charge is 2.45. The number of amides is 1. The van der Waals surface area contributed by atoms with E-state index < -0.39 is 11.4 Å². The highest BCUT2D eigenvalue weighted by Crippen LogP contribution is 2.34. The predicted molar refractivity (Wildman–Crippen MR) is 91.9 cm³/mol. The van der Waals surface area contributed by atoms with Crippen LogP contribution in [0.15, 0.2) is 18.2 Å². The summed E-state index contributed by atoms with van der Waals surface area (Å²) in [6.45, 7) is 1.14. The number of carbonyl (C=O) groups excluding carboxylic acids is 1. The summed E-state index contributed by atoms with van der Waals surface area (Å²) in [7, 11) is 1.49. The van der Waals surface area contributed by atoms with E-state index in [4.69, 9.17) is 21.1 Å². The smallest absolute Gasteiger partial charge is 0.313 e. The van der Waals surface area contributed by atoms with E-state index in [0.29, 0.717) is 37.4 Å². The van der Waals surface area contributed by atoms with Crippen molar-refractivity contribution < 1.29 is 24.2 Å². The Bertz CT molecular complexity index is 675. The van der Waals surface area contributed by atoms with Crippen LogP contribution in [0.4, 0.5) is 0 Å². The molecular formula is C18H22ClNO5. The van der Waals surface area contributed by atoms with E-state index in [1.807, 2.05) is 12.1 Å². The van der Waals surface area contributed by atoms with Gasteiger partial charge in [0.25, 0.3) is 0 Å². The average molecular weight is 368 g/mol. The van der Waals surface area contributed by atoms with Gasteiger partial charge in [-0.2, -0.15) is 0 Å². The number of benzene rings is 1. The molecule has 2 atom stereocenters. The van der Waals surface area contributed by atoms with Crippen LogP contribution in [0.1, 0.15) is 18.4 Å². The largest absolute Gasteiger partial charge is 0.492 e. The van der Waals surface area contributed by atoms with Crippen molar-refractivity contribution in [2.45, 2.75) is 19.3 Å². The molecule has 2 aliphatic heterocycles. The summed E-state index contributed by atoms with van der Waals surface area (Å²) in [4.78, 5) is 26.3. The van der Waals surface area contributed by atoms with Crippen LogP contribution in [0.5, 0.6) is 5.75 Å². The Morgan fingerprint density at radius 1 is 1.48 bits per heavy atom. The molecule has 1 fully saturated rings. The number of likely N-dealkylation sites (tertiary alicyclic amines) is 1. The van der Waals surface area contributed by atoms with Gasteiger partial charge in [0.05, 0.1) is 12.5 Å². The molecule has 3 rings (SSSR count). The minimum absolute atomic E-state index is 0.0629. The monoisotopic (exact) mass is 367 g/mol. The maximum absolute atomic E-state index is 12.9. The molecule has 0 bridgehead atoms. The third-order valence-corrected chi connectivity index (χ3v) is 5.28. The molecule has 6 nitrogen and oxygen atoms in total. The summed E-state index contributed by atoms with van der Waals surface area (Å²) in [5, 5.41) is 10.2. The maximum atomic E-state index is 12.9. The zero-order valence-electron chi connectivity index (χ0n) is 14.2. The van der Waals surface area contributed by atoms with Crippen LogP contribution in [-0.4, -0.2) is 55.3 Å². The van der Waals surface area contributed by atoms with Crippen molar-refractivity contribution in [1.29, 1.82) is 0 Å². The quantitative estimate of drug-likeness (QED) is 0.883. The van der Waals surface area contributed by atoms with Gasteiger partial charge in [0.1, 0.15) is 17.8 Å². The molecule has 1 N–H and O–H groups in total. The molecule has 0 aromatic heterocycles. The van der Waals surface area contributed by atoms with Crippen LogP contribution in [0, 0.1) is 11.3 Å². The molecule has 0 saturated carbocycles. The first-order valence-corrected chi connectivity index (χ1v) is 8.75. The minimum atomic E-state index is -1.03. The van der Waals surface area contributed by atoms with Crippen LogP contribution in [-0.2, 0) is 20.7 Å². The van der Waals surface area contributed by atoms with E-state index in [2.05, 4.69) is 0 Å². The number of aliphatic carboxylic acids is 1. The second-order valence-electron chi connectivity index (χ2n) is 6.85. The Kier molecular flexibility index (Phi) is 5.20. The van der Waals surface area contributed by atoms with Crippen molar-refractivity contribution in [3.63, 3.8) is 0 Å². The SMILES string of the molecule is COCC1(C(=O)O)CCCN(C(=O)C2COc3ccc(Cl)cc3C2)C1. The molecule has 1 aromatic carbocycles. The van der Waals surface area contributed by atoms with Gasteiger partial charge in [0.2, 0.25) is 5.91 Å². The van der Waals surface area contributed by atoms with Gasteiger partial charge in [-0.15, -0.1) is 0 Å². The first kappa shape index (κ1) is 18.0. The zero-order chi connectivity index (χ0) is 18.0. The van der Waals surface area contributed by atoms with Crippen molar-refractivity contribution in [2.75, 3.05) is 33.4 Å². The molecule has 1 aromatic rings. The minimum Gasteiger partial charge on any atom is -0.492 e. The van der Waals surface area contributed by atoms with Crippen LogP contribution in [0.2, 0.25) is 5.02 Å². The Balaban J connectivity index is 1.73. The molecular weight excluding hydrogens is 346 g/mol. The Labute approximate surface area is 151 Å². The van der Waals surface area contributed by atoms with E-state index >= 15 is 0 Å². The number of carboxylic acids is 1. The van der Waals surface area contributed by atoms with Gasteiger partial charge in [0, 0.05) is 25.2 Å². The van der Waals surface area contributed by atoms with Gasteiger partial charge in [-0.1, -0.05) is 11.6 Å². The highest BCUT2D eigenvalue weighted by atomic mass is 35.5. The lowest BCUT2D eigenvalue weighted by atomic mass is 9.80. The van der Waals surface area contributed by atoms with Gasteiger partial charge >= 0.3 is 5.97 Å². The van der Waals surface area contributed by atoms with Gasteiger partial charge < -0.3 is 19.5 Å². The number of nitrogens with zero attached hydrogens (tertiary/aromatic N) is 1. The standard InChI is InChI=1S/C18H22ClNO5/c1-24-11-18(17(22)23)5-2-6-20(10-18)16(21)13-7-12-8-14(19)3-4-15(12)25-9-13/h3-4,8,13H,2,5-7,9-11H2,1H3,(H,22,23). The number of rotatable bonds is 4. The van der Waals surface area contributed by atoms with E-state index in [-0.39, 0.29) is 25.0 Å². The Hall–Kier alpha value is -1.79. The number of carboxylic acid groups (broad SMARTS) is 1. The van der Waals surface area contributed by atoms with Crippen molar-refractivity contribution in [3.8, 4) is 5.75 Å². The molecule has 2 unspecified atom stereocenters. The summed E-state index contributed by atoms with van der Waals surface area (Å²) in [5.74, 6) is -0.541. The fraction of sp³-hybridized carbons (Fsp3) is 0.556. The molecule has 2 heterocycles. The number of methoxy groups -OCH3 is 1. The average Bonchev–Trinajstić information content (AvgIpc) is 2.60. The molecule has 0 aliphatic carbocycles. The summed E-state index contributed by atoms with van der Waals surface area (Å²) >= 11 is 6.03. The molecule has 25 heavy (non-hydrogen) atoms. The van der Waals surface area contributed by atoms with E-state index in [9.17, 15) is 14.7 Å². The molecule has 136 valence electrons. The highest BCUT2D eigenvalue weighted by molar-refractivity contribution is 6.30. The van der Waals surface area contributed by atoms with Crippen LogP contribution >= 0.6 is 11.6 Å². The zero-order valence-corrected chi connectivity index (χ0v) is 14.9. The third-order valence-electron chi connectivity index (χ3n) is 5.04. The van der Waals surface area contributed by atoms with Gasteiger partial charge in [0.15, 0.2) is 0 Å². The lowest BCUT2D eigenvalue weighted by Crippen LogP contribution is -2.54. The van der Waals surface area contributed by atoms with Crippen molar-refractivity contribution >= 4 is 23.5 Å². The Morgan fingerprint density at radius 2 is 2.28 bits per heavy atom. The topological polar surface area (TPSA) is 76.1 Å². The van der Waals surface area contributed by atoms with Crippen LogP contribution in [0.25, 0.3) is 0 Å². The number of hydrogen-bond donors (Lipinski definition) is 1. The second kappa shape index (κ2) is 7.22. The van der Waals surface area contributed by atoms with E-state index in [1.165, 1.54) is 7.11 Å². The first-order chi connectivity index (χ1) is 11.9. The van der Waals surface area contributed by atoms with Crippen LogP contribution in [0.3, 0.4) is 0 Å². The third kappa shape index (κ3) is 3.60. The van der Waals surface area contributed by atoms with Crippen molar-refractivity contribution in [1.82, 2.24) is 4.90 Å². The number of ether oxygens (including phenoxy) is 2. The normalized spacial score (nSPS) is 25.8. The van der Waals surface area contributed by atoms with Gasteiger partial charge in [-0.05, 0) is 43.0 Å².